The third-order valence-electron chi connectivity index (χ3n) is 6.87. The van der Waals surface area contributed by atoms with Crippen molar-refractivity contribution in [2.75, 3.05) is 0 Å². The van der Waals surface area contributed by atoms with E-state index in [1.807, 2.05) is 18.2 Å². The number of ether oxygens (including phenoxy) is 1. The van der Waals surface area contributed by atoms with Gasteiger partial charge >= 0.3 is 0 Å². The second kappa shape index (κ2) is 6.65. The van der Waals surface area contributed by atoms with Gasteiger partial charge in [0, 0.05) is 12.1 Å². The summed E-state index contributed by atoms with van der Waals surface area (Å²) in [6, 6.07) is 18.7. The Morgan fingerprint density at radius 3 is 2.26 bits per heavy atom. The van der Waals surface area contributed by atoms with Gasteiger partial charge in [0.25, 0.3) is 0 Å². The van der Waals surface area contributed by atoms with E-state index in [1.165, 1.54) is 30.4 Å². The van der Waals surface area contributed by atoms with Gasteiger partial charge < -0.3 is 15.2 Å². The predicted octanol–water partition coefficient (Wildman–Crippen LogP) is 4.44. The van der Waals surface area contributed by atoms with E-state index in [0.717, 1.165) is 43.4 Å². The third-order valence-corrected chi connectivity index (χ3v) is 6.87. The largest absolute Gasteiger partial charge is 0.489 e. The first-order valence-corrected chi connectivity index (χ1v) is 10.3. The lowest BCUT2D eigenvalue weighted by Crippen LogP contribution is -2.64. The number of rotatable bonds is 6. The Morgan fingerprint density at radius 2 is 1.59 bits per heavy atom. The van der Waals surface area contributed by atoms with E-state index in [0.29, 0.717) is 6.61 Å². The summed E-state index contributed by atoms with van der Waals surface area (Å²) in [5, 5.41) is 14.7. The summed E-state index contributed by atoms with van der Waals surface area (Å²) < 4.78 is 5.89. The van der Waals surface area contributed by atoms with Crippen LogP contribution in [0.4, 0.5) is 0 Å². The van der Waals surface area contributed by atoms with E-state index in [2.05, 4.69) is 41.7 Å². The monoisotopic (exact) mass is 363 g/mol. The molecule has 3 nitrogen and oxygen atoms in total. The molecule has 142 valence electrons. The van der Waals surface area contributed by atoms with Gasteiger partial charge in [-0.1, -0.05) is 42.5 Å². The molecule has 2 aromatic carbocycles. The minimum absolute atomic E-state index is 0.154. The van der Waals surface area contributed by atoms with Gasteiger partial charge in [-0.05, 0) is 73.6 Å². The minimum atomic E-state index is -0.397. The molecule has 0 amide bonds. The molecule has 4 saturated carbocycles. The van der Waals surface area contributed by atoms with E-state index in [9.17, 15) is 5.11 Å². The summed E-state index contributed by atoms with van der Waals surface area (Å²) >= 11 is 0. The summed E-state index contributed by atoms with van der Waals surface area (Å²) in [5.74, 6) is 2.35. The van der Waals surface area contributed by atoms with Gasteiger partial charge in [-0.15, -0.1) is 0 Å². The van der Waals surface area contributed by atoms with Gasteiger partial charge in [0.15, 0.2) is 0 Å². The average Bonchev–Trinajstić information content (AvgIpc) is 2.64. The van der Waals surface area contributed by atoms with Gasteiger partial charge in [0.2, 0.25) is 0 Å². The van der Waals surface area contributed by atoms with Crippen LogP contribution in [0.1, 0.15) is 49.7 Å². The molecule has 2 unspecified atom stereocenters. The van der Waals surface area contributed by atoms with Crippen molar-refractivity contribution in [2.45, 2.75) is 62.8 Å². The van der Waals surface area contributed by atoms with Crippen LogP contribution in [0.2, 0.25) is 0 Å². The van der Waals surface area contributed by atoms with Gasteiger partial charge in [0.05, 0.1) is 5.60 Å². The Hall–Kier alpha value is -1.84. The molecule has 0 aliphatic heterocycles. The van der Waals surface area contributed by atoms with Crippen molar-refractivity contribution in [1.82, 2.24) is 5.32 Å². The van der Waals surface area contributed by atoms with Crippen LogP contribution in [0.5, 0.6) is 5.75 Å². The molecule has 4 bridgehead atoms. The van der Waals surface area contributed by atoms with Gasteiger partial charge in [-0.3, -0.25) is 0 Å². The average molecular weight is 364 g/mol. The van der Waals surface area contributed by atoms with Crippen LogP contribution in [0.3, 0.4) is 0 Å². The molecule has 3 heteroatoms. The normalized spacial score (nSPS) is 34.0. The number of nitrogens with one attached hydrogen (secondary N) is 1. The summed E-state index contributed by atoms with van der Waals surface area (Å²) in [5.41, 5.74) is 2.22. The van der Waals surface area contributed by atoms with Crippen LogP contribution in [-0.4, -0.2) is 16.2 Å². The van der Waals surface area contributed by atoms with Crippen LogP contribution >= 0.6 is 0 Å². The molecule has 4 fully saturated rings. The maximum Gasteiger partial charge on any atom is 0.119 e. The SMILES string of the molecule is OC12CC3CC(C1)CC(NCc1ccc(OCc4ccccc4)cc1)(C3)C2. The zero-order valence-corrected chi connectivity index (χ0v) is 15.9. The summed E-state index contributed by atoms with van der Waals surface area (Å²) in [4.78, 5) is 0. The van der Waals surface area contributed by atoms with Gasteiger partial charge in [-0.2, -0.15) is 0 Å². The maximum atomic E-state index is 10.9. The highest BCUT2D eigenvalue weighted by atomic mass is 16.5. The smallest absolute Gasteiger partial charge is 0.119 e. The second-order valence-corrected chi connectivity index (χ2v) is 9.24. The highest BCUT2D eigenvalue weighted by Gasteiger charge is 2.56. The second-order valence-electron chi connectivity index (χ2n) is 9.24. The molecule has 2 atom stereocenters. The molecule has 0 heterocycles. The predicted molar refractivity (Wildman–Crippen MR) is 106 cm³/mol. The summed E-state index contributed by atoms with van der Waals surface area (Å²) in [6.07, 6.45) is 6.80. The summed E-state index contributed by atoms with van der Waals surface area (Å²) in [7, 11) is 0. The fraction of sp³-hybridized carbons (Fsp3) is 0.500. The molecule has 27 heavy (non-hydrogen) atoms. The standard InChI is InChI=1S/C24H29NO2/c26-24-13-20-10-21(14-24)12-23(11-20,17-24)25-15-18-6-8-22(9-7-18)27-16-19-4-2-1-3-5-19/h1-9,20-21,25-26H,10-17H2. The topological polar surface area (TPSA) is 41.5 Å². The van der Waals surface area contributed by atoms with E-state index >= 15 is 0 Å². The third kappa shape index (κ3) is 3.63. The van der Waals surface area contributed by atoms with E-state index < -0.39 is 5.60 Å². The lowest BCUT2D eigenvalue weighted by Gasteiger charge is -2.60. The number of benzene rings is 2. The molecule has 0 spiro atoms. The molecule has 0 aromatic heterocycles. The van der Waals surface area contributed by atoms with Crippen LogP contribution < -0.4 is 10.1 Å². The molecule has 4 aliphatic carbocycles. The molecule has 6 rings (SSSR count). The van der Waals surface area contributed by atoms with Crippen LogP contribution in [0, 0.1) is 11.8 Å². The lowest BCUT2D eigenvalue weighted by atomic mass is 9.51. The Labute approximate surface area is 161 Å². The molecule has 2 N–H and O–H groups in total. The van der Waals surface area contributed by atoms with Crippen molar-refractivity contribution in [3.8, 4) is 5.75 Å². The molecule has 2 aromatic rings. The van der Waals surface area contributed by atoms with Crippen LogP contribution in [-0.2, 0) is 13.2 Å². The van der Waals surface area contributed by atoms with Crippen LogP contribution in [0.15, 0.2) is 54.6 Å². The van der Waals surface area contributed by atoms with Gasteiger partial charge in [-0.25, -0.2) is 0 Å². The Kier molecular flexibility index (Phi) is 4.25. The highest BCUT2D eigenvalue weighted by Crippen LogP contribution is 2.57. The van der Waals surface area contributed by atoms with Gasteiger partial charge in [0.1, 0.15) is 12.4 Å². The number of hydrogen-bond donors (Lipinski definition) is 2. The first kappa shape index (κ1) is 17.3. The quantitative estimate of drug-likeness (QED) is 0.797. The number of hydrogen-bond acceptors (Lipinski definition) is 3. The van der Waals surface area contributed by atoms with Crippen molar-refractivity contribution in [3.05, 3.63) is 65.7 Å². The zero-order valence-electron chi connectivity index (χ0n) is 15.9. The molecular weight excluding hydrogens is 334 g/mol. The molecular formula is C24H29NO2. The lowest BCUT2D eigenvalue weighted by molar-refractivity contribution is -0.142. The first-order chi connectivity index (χ1) is 13.1. The van der Waals surface area contributed by atoms with Crippen molar-refractivity contribution in [3.63, 3.8) is 0 Å². The molecule has 0 radical (unpaired) electrons. The van der Waals surface area contributed by atoms with Crippen molar-refractivity contribution in [1.29, 1.82) is 0 Å². The molecule has 4 aliphatic rings. The Balaban J connectivity index is 1.18. The fourth-order valence-electron chi connectivity index (χ4n) is 6.16. The Morgan fingerprint density at radius 1 is 0.889 bits per heavy atom. The minimum Gasteiger partial charge on any atom is -0.489 e. The van der Waals surface area contributed by atoms with E-state index in [1.54, 1.807) is 0 Å². The summed E-state index contributed by atoms with van der Waals surface area (Å²) in [6.45, 7) is 1.47. The Bertz CT molecular complexity index is 772. The number of aliphatic hydroxyl groups is 1. The van der Waals surface area contributed by atoms with Crippen molar-refractivity contribution in [2.24, 2.45) is 11.8 Å². The van der Waals surface area contributed by atoms with E-state index in [4.69, 9.17) is 4.74 Å². The first-order valence-electron chi connectivity index (χ1n) is 10.3. The van der Waals surface area contributed by atoms with E-state index in [-0.39, 0.29) is 5.54 Å². The zero-order chi connectivity index (χ0) is 18.3. The maximum absolute atomic E-state index is 10.9. The molecule has 0 saturated heterocycles. The van der Waals surface area contributed by atoms with Crippen LogP contribution in [0.25, 0.3) is 0 Å². The fourth-order valence-corrected chi connectivity index (χ4v) is 6.16. The van der Waals surface area contributed by atoms with Crippen molar-refractivity contribution < 1.29 is 9.84 Å². The van der Waals surface area contributed by atoms with Crippen molar-refractivity contribution >= 4 is 0 Å². The highest BCUT2D eigenvalue weighted by molar-refractivity contribution is 5.28.